The van der Waals surface area contributed by atoms with Crippen LogP contribution < -0.4 is 5.32 Å². The van der Waals surface area contributed by atoms with Crippen molar-refractivity contribution in [2.45, 2.75) is 78.6 Å². The molecule has 0 heterocycles. The smallest absolute Gasteiger partial charge is 0.408 e. The number of carbonyl (C=O) groups excluding carboxylic acids is 3. The summed E-state index contributed by atoms with van der Waals surface area (Å²) in [5.74, 6) is 0.0844. The molecule has 7 heteroatoms. The van der Waals surface area contributed by atoms with Gasteiger partial charge in [0.05, 0.1) is 0 Å². The van der Waals surface area contributed by atoms with Crippen molar-refractivity contribution in [3.63, 3.8) is 0 Å². The van der Waals surface area contributed by atoms with Crippen LogP contribution in [0.4, 0.5) is 4.79 Å². The number of alkyl carbamates (subject to hydrolysis) is 1. The fourth-order valence-electron chi connectivity index (χ4n) is 1.58. The van der Waals surface area contributed by atoms with Crippen LogP contribution in [0, 0.1) is 0 Å². The second kappa shape index (κ2) is 9.15. The minimum atomic E-state index is -0.795. The molecule has 0 aromatic heterocycles. The number of hydrogen-bond donors (Lipinski definition) is 1. The van der Waals surface area contributed by atoms with Crippen LogP contribution in [0.15, 0.2) is 0 Å². The Bertz CT molecular complexity index is 423. The Labute approximate surface area is 143 Å². The molecule has 6 nitrogen and oxygen atoms in total. The third-order valence-electron chi connectivity index (χ3n) is 2.32. The molecule has 0 aliphatic rings. The molecule has 0 aromatic carbocycles. The minimum Gasteiger partial charge on any atom is -0.458 e. The van der Waals surface area contributed by atoms with Gasteiger partial charge in [-0.05, 0) is 54.4 Å². The third-order valence-corrected chi connectivity index (χ3v) is 3.22. The van der Waals surface area contributed by atoms with E-state index in [0.717, 1.165) is 0 Å². The Balaban J connectivity index is 4.69. The van der Waals surface area contributed by atoms with Gasteiger partial charge in [0.15, 0.2) is 5.12 Å². The summed E-state index contributed by atoms with van der Waals surface area (Å²) < 4.78 is 10.5. The van der Waals surface area contributed by atoms with E-state index in [2.05, 4.69) is 5.32 Å². The zero-order chi connectivity index (χ0) is 18.3. The highest BCUT2D eigenvalue weighted by Crippen LogP contribution is 2.14. The molecule has 134 valence electrons. The highest BCUT2D eigenvalue weighted by atomic mass is 32.2. The molecule has 0 radical (unpaired) electrons. The Morgan fingerprint density at radius 1 is 1.00 bits per heavy atom. The van der Waals surface area contributed by atoms with Crippen LogP contribution in [-0.4, -0.2) is 40.2 Å². The van der Waals surface area contributed by atoms with E-state index in [0.29, 0.717) is 18.6 Å². The zero-order valence-electron chi connectivity index (χ0n) is 15.1. The maximum atomic E-state index is 12.2. The first-order chi connectivity index (χ1) is 10.3. The van der Waals surface area contributed by atoms with Crippen LogP contribution in [0.3, 0.4) is 0 Å². The molecule has 1 unspecified atom stereocenters. The minimum absolute atomic E-state index is 0.0268. The number of thioether (sulfide) groups is 1. The zero-order valence-corrected chi connectivity index (χ0v) is 16.0. The number of ether oxygens (including phenoxy) is 2. The van der Waals surface area contributed by atoms with Gasteiger partial charge in [-0.3, -0.25) is 4.79 Å². The SMILES string of the molecule is CC(=O)SCCCC(NC(=O)OC(C)(C)C)C(=O)OC(C)(C)C. The average molecular weight is 347 g/mol. The summed E-state index contributed by atoms with van der Waals surface area (Å²) in [7, 11) is 0. The lowest BCUT2D eigenvalue weighted by atomic mass is 10.1. The van der Waals surface area contributed by atoms with Crippen LogP contribution >= 0.6 is 11.8 Å². The first-order valence-corrected chi connectivity index (χ1v) is 8.64. The van der Waals surface area contributed by atoms with E-state index >= 15 is 0 Å². The van der Waals surface area contributed by atoms with Gasteiger partial charge in [0.25, 0.3) is 0 Å². The molecule has 0 rings (SSSR count). The predicted molar refractivity (Wildman–Crippen MR) is 91.4 cm³/mol. The second-order valence-corrected chi connectivity index (χ2v) is 8.49. The summed E-state index contributed by atoms with van der Waals surface area (Å²) in [6.07, 6.45) is 0.325. The molecule has 23 heavy (non-hydrogen) atoms. The maximum Gasteiger partial charge on any atom is 0.408 e. The molecular weight excluding hydrogens is 318 g/mol. The highest BCUT2D eigenvalue weighted by Gasteiger charge is 2.28. The van der Waals surface area contributed by atoms with Gasteiger partial charge >= 0.3 is 12.1 Å². The predicted octanol–water partition coefficient (Wildman–Crippen LogP) is 3.28. The fourth-order valence-corrected chi connectivity index (χ4v) is 2.17. The maximum absolute atomic E-state index is 12.2. The molecule has 0 aliphatic heterocycles. The van der Waals surface area contributed by atoms with E-state index in [9.17, 15) is 14.4 Å². The summed E-state index contributed by atoms with van der Waals surface area (Å²) in [4.78, 5) is 35.0. The van der Waals surface area contributed by atoms with Crippen LogP contribution in [-0.2, 0) is 19.1 Å². The molecule has 1 amide bonds. The molecule has 0 aromatic rings. The third kappa shape index (κ3) is 12.9. The van der Waals surface area contributed by atoms with Crippen LogP contribution in [0.2, 0.25) is 0 Å². The summed E-state index contributed by atoms with van der Waals surface area (Å²) in [6.45, 7) is 12.0. The molecule has 1 atom stereocenters. The van der Waals surface area contributed by atoms with E-state index in [1.807, 2.05) is 0 Å². The van der Waals surface area contributed by atoms with Crippen LogP contribution in [0.1, 0.15) is 61.3 Å². The van der Waals surface area contributed by atoms with Gasteiger partial charge in [-0.15, -0.1) is 0 Å². The van der Waals surface area contributed by atoms with Crippen molar-refractivity contribution in [1.29, 1.82) is 0 Å². The first-order valence-electron chi connectivity index (χ1n) is 7.66. The van der Waals surface area contributed by atoms with Crippen molar-refractivity contribution in [2.75, 3.05) is 5.75 Å². The van der Waals surface area contributed by atoms with Gasteiger partial charge in [0.1, 0.15) is 17.2 Å². The van der Waals surface area contributed by atoms with E-state index in [-0.39, 0.29) is 5.12 Å². The van der Waals surface area contributed by atoms with Crippen LogP contribution in [0.5, 0.6) is 0 Å². The lowest BCUT2D eigenvalue weighted by molar-refractivity contribution is -0.157. The van der Waals surface area contributed by atoms with Crippen molar-refractivity contribution in [3.05, 3.63) is 0 Å². The number of carbonyl (C=O) groups is 3. The number of hydrogen-bond acceptors (Lipinski definition) is 6. The molecule has 0 saturated heterocycles. The lowest BCUT2D eigenvalue weighted by Gasteiger charge is -2.26. The van der Waals surface area contributed by atoms with Gasteiger partial charge in [-0.2, -0.15) is 0 Å². The monoisotopic (exact) mass is 347 g/mol. The Morgan fingerprint density at radius 2 is 1.52 bits per heavy atom. The molecule has 0 aliphatic carbocycles. The molecule has 0 bridgehead atoms. The Hall–Kier alpha value is -1.24. The van der Waals surface area contributed by atoms with E-state index < -0.39 is 29.3 Å². The summed E-state index contributed by atoms with van der Waals surface area (Å²) in [6, 6.07) is -0.795. The van der Waals surface area contributed by atoms with E-state index in [4.69, 9.17) is 9.47 Å². The standard InChI is InChI=1S/C16H29NO5S/c1-11(18)23-10-8-9-12(13(19)21-15(2,3)4)17-14(20)22-16(5,6)7/h12H,8-10H2,1-7H3,(H,17,20). The average Bonchev–Trinajstić information content (AvgIpc) is 2.27. The van der Waals surface area contributed by atoms with Crippen molar-refractivity contribution < 1.29 is 23.9 Å². The number of nitrogens with one attached hydrogen (secondary N) is 1. The molecule has 1 N–H and O–H groups in total. The summed E-state index contributed by atoms with van der Waals surface area (Å²) in [5, 5.41) is 2.58. The van der Waals surface area contributed by atoms with Gasteiger partial charge in [0.2, 0.25) is 0 Å². The summed E-state index contributed by atoms with van der Waals surface area (Å²) >= 11 is 1.19. The second-order valence-electron chi connectivity index (χ2n) is 7.21. The topological polar surface area (TPSA) is 81.7 Å². The van der Waals surface area contributed by atoms with Crippen LogP contribution in [0.25, 0.3) is 0 Å². The largest absolute Gasteiger partial charge is 0.458 e. The van der Waals surface area contributed by atoms with E-state index in [1.54, 1.807) is 41.5 Å². The van der Waals surface area contributed by atoms with Crippen molar-refractivity contribution in [3.8, 4) is 0 Å². The molecular formula is C16H29NO5S. The number of rotatable bonds is 6. The lowest BCUT2D eigenvalue weighted by Crippen LogP contribution is -2.46. The molecule has 0 saturated carbocycles. The summed E-state index contributed by atoms with van der Waals surface area (Å²) in [5.41, 5.74) is -1.29. The van der Waals surface area contributed by atoms with Gasteiger partial charge in [-0.1, -0.05) is 11.8 Å². The number of amides is 1. The normalized spacial score (nSPS) is 13.2. The highest BCUT2D eigenvalue weighted by molar-refractivity contribution is 8.13. The first kappa shape index (κ1) is 21.8. The fraction of sp³-hybridized carbons (Fsp3) is 0.812. The Morgan fingerprint density at radius 3 is 1.96 bits per heavy atom. The van der Waals surface area contributed by atoms with Crippen molar-refractivity contribution in [2.24, 2.45) is 0 Å². The number of esters is 1. The Kier molecular flexibility index (Phi) is 8.66. The van der Waals surface area contributed by atoms with Gasteiger partial charge in [-0.25, -0.2) is 9.59 Å². The van der Waals surface area contributed by atoms with E-state index in [1.165, 1.54) is 18.7 Å². The van der Waals surface area contributed by atoms with Crippen molar-refractivity contribution >= 4 is 28.9 Å². The van der Waals surface area contributed by atoms with Gasteiger partial charge in [0, 0.05) is 12.7 Å². The quantitative estimate of drug-likeness (QED) is 0.586. The van der Waals surface area contributed by atoms with Gasteiger partial charge < -0.3 is 14.8 Å². The van der Waals surface area contributed by atoms with Crippen molar-refractivity contribution in [1.82, 2.24) is 5.32 Å². The molecule has 0 spiro atoms. The molecule has 0 fully saturated rings.